The summed E-state index contributed by atoms with van der Waals surface area (Å²) in [4.78, 5) is 27.7. The lowest BCUT2D eigenvalue weighted by Crippen LogP contribution is -2.38. The molecule has 0 heterocycles. The van der Waals surface area contributed by atoms with Crippen LogP contribution in [0.1, 0.15) is 65.7 Å². The molecule has 0 aromatic carbocycles. The maximum Gasteiger partial charge on any atom is 0.348 e. The number of nitrogens with zero attached hydrogens (tertiary/aromatic N) is 1. The molecular weight excluding hydrogens is 244 g/mol. The first-order valence-electron chi connectivity index (χ1n) is 7.32. The second-order valence-electron chi connectivity index (χ2n) is 4.89. The average molecular weight is 272 g/mol. The first-order valence-corrected chi connectivity index (χ1v) is 7.32. The van der Waals surface area contributed by atoms with Crippen molar-refractivity contribution in [3.05, 3.63) is 0 Å². The van der Waals surface area contributed by atoms with Gasteiger partial charge < -0.3 is 10.6 Å². The second-order valence-corrected chi connectivity index (χ2v) is 4.89. The van der Waals surface area contributed by atoms with Gasteiger partial charge >= 0.3 is 12.0 Å². The van der Waals surface area contributed by atoms with Crippen LogP contribution in [0.5, 0.6) is 0 Å². The van der Waals surface area contributed by atoms with Gasteiger partial charge in [-0.1, -0.05) is 46.5 Å². The number of amides is 2. The zero-order valence-electron chi connectivity index (χ0n) is 12.5. The van der Waals surface area contributed by atoms with Gasteiger partial charge in [0.1, 0.15) is 0 Å². The Morgan fingerprint density at radius 3 is 2.05 bits per heavy atom. The minimum Gasteiger partial charge on any atom is -0.349 e. The van der Waals surface area contributed by atoms with Crippen LogP contribution in [0, 0.1) is 5.92 Å². The smallest absolute Gasteiger partial charge is 0.348 e. The molecule has 0 rings (SSSR count). The van der Waals surface area contributed by atoms with Crippen LogP contribution in [0.25, 0.3) is 0 Å². The standard InChI is InChI=1S/C14H28N2O3/c1-4-7-12(8-5-2)9-10-13(17)19-16(11-6-3)14(15)18/h12H,4-11H2,1-3H3,(H2,15,18). The summed E-state index contributed by atoms with van der Waals surface area (Å²) in [5, 5.41) is 0.941. The molecule has 19 heavy (non-hydrogen) atoms. The molecule has 0 bridgehead atoms. The van der Waals surface area contributed by atoms with Crippen LogP contribution in [-0.2, 0) is 9.63 Å². The number of carbonyl (C=O) groups excluding carboxylic acids is 2. The fourth-order valence-corrected chi connectivity index (χ4v) is 2.14. The molecule has 0 aliphatic rings. The van der Waals surface area contributed by atoms with E-state index in [9.17, 15) is 9.59 Å². The second kappa shape index (κ2) is 10.6. The maximum atomic E-state index is 11.7. The van der Waals surface area contributed by atoms with E-state index in [1.54, 1.807) is 0 Å². The lowest BCUT2D eigenvalue weighted by atomic mass is 9.93. The van der Waals surface area contributed by atoms with Crippen molar-refractivity contribution < 1.29 is 14.4 Å². The third-order valence-electron chi connectivity index (χ3n) is 3.04. The van der Waals surface area contributed by atoms with Crippen molar-refractivity contribution in [1.29, 1.82) is 0 Å². The van der Waals surface area contributed by atoms with Gasteiger partial charge in [-0.2, -0.15) is 5.06 Å². The SMILES string of the molecule is CCCC(CCC)CCC(=O)ON(CCC)C(N)=O. The zero-order chi connectivity index (χ0) is 14.7. The van der Waals surface area contributed by atoms with E-state index in [-0.39, 0.29) is 5.97 Å². The molecule has 0 fully saturated rings. The highest BCUT2D eigenvalue weighted by molar-refractivity contribution is 5.75. The highest BCUT2D eigenvalue weighted by atomic mass is 16.7. The molecular formula is C14H28N2O3. The van der Waals surface area contributed by atoms with Gasteiger partial charge in [-0.25, -0.2) is 9.59 Å². The summed E-state index contributed by atoms with van der Waals surface area (Å²) in [6.45, 7) is 6.53. The summed E-state index contributed by atoms with van der Waals surface area (Å²) in [5.74, 6) is 0.195. The number of hydrogen-bond donors (Lipinski definition) is 1. The third kappa shape index (κ3) is 8.46. The van der Waals surface area contributed by atoms with Gasteiger partial charge in [0.2, 0.25) is 0 Å². The van der Waals surface area contributed by atoms with Gasteiger partial charge in [-0.15, -0.1) is 0 Å². The monoisotopic (exact) mass is 272 g/mol. The van der Waals surface area contributed by atoms with E-state index in [1.807, 2.05) is 6.92 Å². The largest absolute Gasteiger partial charge is 0.349 e. The molecule has 0 atom stereocenters. The molecule has 0 spiro atoms. The lowest BCUT2D eigenvalue weighted by molar-refractivity contribution is -0.176. The number of urea groups is 1. The molecule has 5 nitrogen and oxygen atoms in total. The number of hydroxylamine groups is 2. The molecule has 0 saturated carbocycles. The normalized spacial score (nSPS) is 10.5. The van der Waals surface area contributed by atoms with Crippen LogP contribution in [0.4, 0.5) is 4.79 Å². The van der Waals surface area contributed by atoms with Gasteiger partial charge in [0.05, 0.1) is 6.54 Å². The Morgan fingerprint density at radius 1 is 1.05 bits per heavy atom. The number of nitrogens with two attached hydrogens (primary N) is 1. The van der Waals surface area contributed by atoms with Crippen molar-refractivity contribution in [2.24, 2.45) is 11.7 Å². The van der Waals surface area contributed by atoms with Crippen molar-refractivity contribution in [3.8, 4) is 0 Å². The predicted octanol–water partition coefficient (Wildman–Crippen LogP) is 3.23. The summed E-state index contributed by atoms with van der Waals surface area (Å²) in [5.41, 5.74) is 5.13. The zero-order valence-corrected chi connectivity index (χ0v) is 12.5. The molecule has 2 amide bonds. The number of carbonyl (C=O) groups is 2. The van der Waals surface area contributed by atoms with Crippen LogP contribution < -0.4 is 5.73 Å². The summed E-state index contributed by atoms with van der Waals surface area (Å²) in [7, 11) is 0. The fraction of sp³-hybridized carbons (Fsp3) is 0.857. The van der Waals surface area contributed by atoms with Crippen molar-refractivity contribution in [3.63, 3.8) is 0 Å². The first kappa shape index (κ1) is 17.7. The van der Waals surface area contributed by atoms with Gasteiger partial charge in [-0.3, -0.25) is 0 Å². The van der Waals surface area contributed by atoms with Gasteiger partial charge in [-0.05, 0) is 18.8 Å². The lowest BCUT2D eigenvalue weighted by Gasteiger charge is -2.19. The highest BCUT2D eigenvalue weighted by Crippen LogP contribution is 2.19. The molecule has 0 aliphatic heterocycles. The minimum absolute atomic E-state index is 0.342. The van der Waals surface area contributed by atoms with Crippen molar-refractivity contribution in [1.82, 2.24) is 5.06 Å². The number of primary amides is 1. The summed E-state index contributed by atoms with van der Waals surface area (Å²) < 4.78 is 0. The highest BCUT2D eigenvalue weighted by Gasteiger charge is 2.16. The van der Waals surface area contributed by atoms with Crippen molar-refractivity contribution >= 4 is 12.0 Å². The summed E-state index contributed by atoms with van der Waals surface area (Å²) >= 11 is 0. The van der Waals surface area contributed by atoms with E-state index >= 15 is 0 Å². The van der Waals surface area contributed by atoms with Crippen LogP contribution in [0.2, 0.25) is 0 Å². The van der Waals surface area contributed by atoms with Gasteiger partial charge in [0.15, 0.2) is 0 Å². The maximum absolute atomic E-state index is 11.7. The van der Waals surface area contributed by atoms with Gasteiger partial charge in [0.25, 0.3) is 0 Å². The molecule has 0 unspecified atom stereocenters. The van der Waals surface area contributed by atoms with Crippen LogP contribution in [0.3, 0.4) is 0 Å². The van der Waals surface area contributed by atoms with E-state index in [2.05, 4.69) is 13.8 Å². The van der Waals surface area contributed by atoms with Crippen LogP contribution in [-0.4, -0.2) is 23.6 Å². The van der Waals surface area contributed by atoms with E-state index in [1.165, 1.54) is 0 Å². The molecule has 112 valence electrons. The Morgan fingerprint density at radius 2 is 1.63 bits per heavy atom. The molecule has 0 aromatic rings. The summed E-state index contributed by atoms with van der Waals surface area (Å²) in [6.07, 6.45) is 6.39. The molecule has 0 aliphatic carbocycles. The third-order valence-corrected chi connectivity index (χ3v) is 3.04. The fourth-order valence-electron chi connectivity index (χ4n) is 2.14. The Balaban J connectivity index is 4.10. The van der Waals surface area contributed by atoms with E-state index in [4.69, 9.17) is 10.6 Å². The minimum atomic E-state index is -0.714. The molecule has 0 aromatic heterocycles. The number of rotatable bonds is 9. The Hall–Kier alpha value is -1.26. The van der Waals surface area contributed by atoms with E-state index in [0.29, 0.717) is 25.3 Å². The summed E-state index contributed by atoms with van der Waals surface area (Å²) in [6, 6.07) is -0.714. The Bertz CT molecular complexity index is 263. The Kier molecular flexibility index (Phi) is 9.94. The van der Waals surface area contributed by atoms with E-state index in [0.717, 1.165) is 37.2 Å². The first-order chi connectivity index (χ1) is 9.04. The van der Waals surface area contributed by atoms with Crippen LogP contribution in [0.15, 0.2) is 0 Å². The molecule has 2 N–H and O–H groups in total. The molecule has 0 saturated heterocycles. The molecule has 5 heteroatoms. The quantitative estimate of drug-likeness (QED) is 0.655. The number of hydrogen-bond acceptors (Lipinski definition) is 3. The van der Waals surface area contributed by atoms with Crippen LogP contribution >= 0.6 is 0 Å². The molecule has 0 radical (unpaired) electrons. The van der Waals surface area contributed by atoms with Crippen molar-refractivity contribution in [2.75, 3.05) is 6.54 Å². The Labute approximate surface area is 116 Å². The topological polar surface area (TPSA) is 72.6 Å². The van der Waals surface area contributed by atoms with Crippen molar-refractivity contribution in [2.45, 2.75) is 65.7 Å². The van der Waals surface area contributed by atoms with E-state index < -0.39 is 6.03 Å². The predicted molar refractivity (Wildman–Crippen MR) is 75.2 cm³/mol. The van der Waals surface area contributed by atoms with Gasteiger partial charge in [0, 0.05) is 6.42 Å². The average Bonchev–Trinajstić information content (AvgIpc) is 2.36.